The van der Waals surface area contributed by atoms with Gasteiger partial charge in [0.05, 0.1) is 41.7 Å². The van der Waals surface area contributed by atoms with Crippen molar-refractivity contribution in [3.05, 3.63) is 49.7 Å². The number of anilines is 1. The Hall–Kier alpha value is -3.54. The summed E-state index contributed by atoms with van der Waals surface area (Å²) in [6, 6.07) is 2.84. The number of carbonyl (C=O) groups is 2. The minimum atomic E-state index is -0.849. The maximum absolute atomic E-state index is 12.4. The zero-order valence-corrected chi connectivity index (χ0v) is 13.5. The number of amides is 1. The molecule has 0 bridgehead atoms. The third-order valence-corrected chi connectivity index (χ3v) is 3.60. The number of rotatable bonds is 7. The number of nitro benzene ring substituents is 2. The normalized spacial score (nSPS) is 13.8. The molecular formula is C14H14N4O8. The quantitative estimate of drug-likeness (QED) is 0.389. The van der Waals surface area contributed by atoms with Crippen molar-refractivity contribution in [1.82, 2.24) is 4.90 Å². The van der Waals surface area contributed by atoms with Crippen LogP contribution in [0.25, 0.3) is 0 Å². The van der Waals surface area contributed by atoms with E-state index in [1.165, 1.54) is 0 Å². The Morgan fingerprint density at radius 3 is 2.58 bits per heavy atom. The van der Waals surface area contributed by atoms with Gasteiger partial charge in [-0.15, -0.1) is 0 Å². The van der Waals surface area contributed by atoms with E-state index in [9.17, 15) is 29.8 Å². The highest BCUT2D eigenvalue weighted by molar-refractivity contribution is 6.08. The van der Waals surface area contributed by atoms with Crippen molar-refractivity contribution in [3.8, 4) is 0 Å². The standard InChI is InChI=1S/C14H14N4O8/c1-26-14(21)9-7-16(4-5-19)13(20)12(9)15-10-3-2-8(17(22)23)6-11(10)18(24)25/h2-3,6,15,19H,4-5,7H2,1H3. The van der Waals surface area contributed by atoms with Crippen LogP contribution < -0.4 is 5.32 Å². The van der Waals surface area contributed by atoms with E-state index in [1.807, 2.05) is 0 Å². The third-order valence-electron chi connectivity index (χ3n) is 3.60. The van der Waals surface area contributed by atoms with Crippen LogP contribution in [0.15, 0.2) is 29.5 Å². The molecule has 0 spiro atoms. The number of carbonyl (C=O) groups excluding carboxylic acids is 2. The average Bonchev–Trinajstić information content (AvgIpc) is 2.91. The Bertz CT molecular complexity index is 819. The lowest BCUT2D eigenvalue weighted by atomic mass is 10.2. The fourth-order valence-electron chi connectivity index (χ4n) is 2.37. The third kappa shape index (κ3) is 3.59. The predicted molar refractivity (Wildman–Crippen MR) is 86.1 cm³/mol. The van der Waals surface area contributed by atoms with E-state index in [-0.39, 0.29) is 36.7 Å². The first-order chi connectivity index (χ1) is 12.3. The number of non-ortho nitro benzene ring substituents is 1. The molecule has 138 valence electrons. The lowest BCUT2D eigenvalue weighted by Gasteiger charge is -2.15. The maximum atomic E-state index is 12.4. The van der Waals surface area contributed by atoms with Crippen LogP contribution in [0.2, 0.25) is 0 Å². The molecule has 12 heteroatoms. The first-order valence-corrected chi connectivity index (χ1v) is 7.21. The van der Waals surface area contributed by atoms with E-state index in [1.54, 1.807) is 0 Å². The highest BCUT2D eigenvalue weighted by Gasteiger charge is 2.35. The molecule has 1 aliphatic heterocycles. The van der Waals surface area contributed by atoms with Gasteiger partial charge in [-0.1, -0.05) is 0 Å². The zero-order chi connectivity index (χ0) is 19.4. The fourth-order valence-corrected chi connectivity index (χ4v) is 2.37. The van der Waals surface area contributed by atoms with E-state index in [2.05, 4.69) is 10.1 Å². The number of aliphatic hydroxyl groups excluding tert-OH is 1. The molecule has 1 aromatic carbocycles. The second-order valence-corrected chi connectivity index (χ2v) is 5.14. The van der Waals surface area contributed by atoms with E-state index < -0.39 is 33.1 Å². The average molecular weight is 366 g/mol. The van der Waals surface area contributed by atoms with Crippen molar-refractivity contribution in [3.63, 3.8) is 0 Å². The minimum absolute atomic E-state index is 0.0487. The van der Waals surface area contributed by atoms with Crippen LogP contribution >= 0.6 is 0 Å². The van der Waals surface area contributed by atoms with Crippen LogP contribution in [0, 0.1) is 20.2 Å². The summed E-state index contributed by atoms with van der Waals surface area (Å²) in [4.78, 5) is 45.8. The summed E-state index contributed by atoms with van der Waals surface area (Å²) < 4.78 is 4.60. The van der Waals surface area contributed by atoms with Gasteiger partial charge < -0.3 is 20.1 Å². The number of esters is 1. The highest BCUT2D eigenvalue weighted by Crippen LogP contribution is 2.32. The second-order valence-electron chi connectivity index (χ2n) is 5.14. The molecule has 1 aromatic rings. The summed E-state index contributed by atoms with van der Waals surface area (Å²) in [5.74, 6) is -1.47. The number of methoxy groups -OCH3 is 1. The van der Waals surface area contributed by atoms with Crippen molar-refractivity contribution < 1.29 is 29.3 Å². The summed E-state index contributed by atoms with van der Waals surface area (Å²) in [6.07, 6.45) is 0. The van der Waals surface area contributed by atoms with Crippen molar-refractivity contribution in [2.45, 2.75) is 0 Å². The van der Waals surface area contributed by atoms with E-state index >= 15 is 0 Å². The van der Waals surface area contributed by atoms with Gasteiger partial charge in [0.1, 0.15) is 11.4 Å². The van der Waals surface area contributed by atoms with Crippen molar-refractivity contribution in [2.24, 2.45) is 0 Å². The number of hydrogen-bond acceptors (Lipinski definition) is 9. The summed E-state index contributed by atoms with van der Waals surface area (Å²) in [5.41, 5.74) is -1.65. The summed E-state index contributed by atoms with van der Waals surface area (Å²) in [6.45, 7) is -0.535. The molecule has 12 nitrogen and oxygen atoms in total. The van der Waals surface area contributed by atoms with Gasteiger partial charge in [0.15, 0.2) is 0 Å². The molecule has 0 fully saturated rings. The summed E-state index contributed by atoms with van der Waals surface area (Å²) in [5, 5.41) is 33.5. The van der Waals surface area contributed by atoms with Crippen LogP contribution in [-0.2, 0) is 14.3 Å². The molecule has 2 rings (SSSR count). The van der Waals surface area contributed by atoms with Gasteiger partial charge in [0.25, 0.3) is 17.3 Å². The molecule has 0 aromatic heterocycles. The van der Waals surface area contributed by atoms with E-state index in [0.717, 1.165) is 30.2 Å². The molecule has 1 amide bonds. The van der Waals surface area contributed by atoms with Crippen molar-refractivity contribution in [2.75, 3.05) is 32.1 Å². The Labute approximate surface area is 146 Å². The van der Waals surface area contributed by atoms with Crippen LogP contribution in [0.5, 0.6) is 0 Å². The van der Waals surface area contributed by atoms with Crippen LogP contribution in [0.1, 0.15) is 0 Å². The van der Waals surface area contributed by atoms with E-state index in [0.29, 0.717) is 0 Å². The zero-order valence-electron chi connectivity index (χ0n) is 13.5. The number of aliphatic hydroxyl groups is 1. The van der Waals surface area contributed by atoms with Gasteiger partial charge in [0.2, 0.25) is 0 Å². The van der Waals surface area contributed by atoms with E-state index in [4.69, 9.17) is 5.11 Å². The first-order valence-electron chi connectivity index (χ1n) is 7.21. The Morgan fingerprint density at radius 2 is 2.04 bits per heavy atom. The molecular weight excluding hydrogens is 352 g/mol. The summed E-state index contributed by atoms with van der Waals surface area (Å²) in [7, 11) is 1.11. The highest BCUT2D eigenvalue weighted by atomic mass is 16.6. The number of β-amino-alcohol motifs (C(OH)–C–C–N with tert-alkyl or cyclic N) is 1. The first kappa shape index (κ1) is 18.8. The molecule has 26 heavy (non-hydrogen) atoms. The number of nitrogens with one attached hydrogen (secondary N) is 1. The minimum Gasteiger partial charge on any atom is -0.466 e. The van der Waals surface area contributed by atoms with Gasteiger partial charge >= 0.3 is 5.97 Å². The monoisotopic (exact) mass is 366 g/mol. The van der Waals surface area contributed by atoms with Crippen LogP contribution in [0.3, 0.4) is 0 Å². The molecule has 2 N–H and O–H groups in total. The number of nitrogens with zero attached hydrogens (tertiary/aromatic N) is 3. The molecule has 0 saturated carbocycles. The maximum Gasteiger partial charge on any atom is 0.337 e. The Kier molecular flexibility index (Phi) is 5.47. The Balaban J connectivity index is 2.46. The molecule has 0 atom stereocenters. The fraction of sp³-hybridized carbons (Fsp3) is 0.286. The summed E-state index contributed by atoms with van der Waals surface area (Å²) >= 11 is 0. The van der Waals surface area contributed by atoms with Gasteiger partial charge in [-0.05, 0) is 6.07 Å². The van der Waals surface area contributed by atoms with Gasteiger partial charge in [-0.3, -0.25) is 25.0 Å². The second kappa shape index (κ2) is 7.57. The lowest BCUT2D eigenvalue weighted by Crippen LogP contribution is -2.31. The van der Waals surface area contributed by atoms with Crippen LogP contribution in [-0.4, -0.2) is 58.5 Å². The molecule has 0 radical (unpaired) electrons. The Morgan fingerprint density at radius 1 is 1.35 bits per heavy atom. The van der Waals surface area contributed by atoms with Crippen molar-refractivity contribution >= 4 is 28.9 Å². The topological polar surface area (TPSA) is 165 Å². The van der Waals surface area contributed by atoms with Gasteiger partial charge in [0, 0.05) is 12.6 Å². The smallest absolute Gasteiger partial charge is 0.337 e. The van der Waals surface area contributed by atoms with Crippen molar-refractivity contribution in [1.29, 1.82) is 0 Å². The molecule has 0 aliphatic carbocycles. The van der Waals surface area contributed by atoms with Gasteiger partial charge in [-0.2, -0.15) is 0 Å². The van der Waals surface area contributed by atoms with Gasteiger partial charge in [-0.25, -0.2) is 4.79 Å². The SMILES string of the molecule is COC(=O)C1=C(Nc2ccc([N+](=O)[O-])cc2[N+](=O)[O-])C(=O)N(CCO)C1. The number of benzene rings is 1. The lowest BCUT2D eigenvalue weighted by molar-refractivity contribution is -0.393. The largest absolute Gasteiger partial charge is 0.466 e. The molecule has 1 heterocycles. The predicted octanol–water partition coefficient (Wildman–Crippen LogP) is 0.176. The molecule has 1 aliphatic rings. The number of hydrogen-bond donors (Lipinski definition) is 2. The number of ether oxygens (including phenoxy) is 1. The molecule has 0 unspecified atom stereocenters. The molecule has 0 saturated heterocycles. The number of nitro groups is 2. The van der Waals surface area contributed by atoms with Crippen LogP contribution in [0.4, 0.5) is 17.1 Å².